The number of unbranched alkanes of at least 4 members (excludes halogenated alkanes) is 2. The number of primary amides is 1. The van der Waals surface area contributed by atoms with Gasteiger partial charge in [0.25, 0.3) is 0 Å². The molecule has 0 spiro atoms. The van der Waals surface area contributed by atoms with E-state index in [1.165, 1.54) is 0 Å². The molecule has 18 heavy (non-hydrogen) atoms. The topological polar surface area (TPSA) is 80.4 Å². The van der Waals surface area contributed by atoms with Gasteiger partial charge in [0.1, 0.15) is 0 Å². The van der Waals surface area contributed by atoms with Crippen LogP contribution in [0.4, 0.5) is 0 Å². The van der Waals surface area contributed by atoms with E-state index in [9.17, 15) is 9.59 Å². The zero-order valence-corrected chi connectivity index (χ0v) is 11.0. The highest BCUT2D eigenvalue weighted by Crippen LogP contribution is 2.48. The van der Waals surface area contributed by atoms with E-state index in [2.05, 4.69) is 13.0 Å². The summed E-state index contributed by atoms with van der Waals surface area (Å²) in [4.78, 5) is 20.8. The van der Waals surface area contributed by atoms with Gasteiger partial charge in [-0.2, -0.15) is 0 Å². The molecule has 1 amide bonds. The average Bonchev–Trinajstić information content (AvgIpc) is 2.91. The first-order chi connectivity index (χ1) is 8.50. The number of rotatable bonds is 5. The lowest BCUT2D eigenvalue weighted by molar-refractivity contribution is -0.137. The number of amides is 1. The van der Waals surface area contributed by atoms with Gasteiger partial charge in [-0.05, 0) is 31.6 Å². The maximum Gasteiger partial charge on any atom is 0.303 e. The number of carboxylic acid groups (broad SMARTS) is 1. The summed E-state index contributed by atoms with van der Waals surface area (Å²) in [6.07, 6.45) is 10.5. The minimum absolute atomic E-state index is 0.135. The first-order valence-electron chi connectivity index (χ1n) is 6.71. The van der Waals surface area contributed by atoms with E-state index in [1.807, 2.05) is 6.08 Å². The highest BCUT2D eigenvalue weighted by Gasteiger charge is 2.44. The third kappa shape index (κ3) is 3.86. The van der Waals surface area contributed by atoms with Crippen LogP contribution in [0.2, 0.25) is 0 Å². The summed E-state index contributed by atoms with van der Waals surface area (Å²) >= 11 is 0. The van der Waals surface area contributed by atoms with Crippen molar-refractivity contribution >= 4 is 11.9 Å². The molecule has 0 aromatic heterocycles. The van der Waals surface area contributed by atoms with E-state index in [0.717, 1.165) is 38.5 Å². The van der Waals surface area contributed by atoms with E-state index in [0.29, 0.717) is 12.3 Å². The molecule has 1 fully saturated rings. The zero-order chi connectivity index (χ0) is 13.6. The second kappa shape index (κ2) is 6.57. The summed E-state index contributed by atoms with van der Waals surface area (Å²) in [6.45, 7) is 2.06. The van der Waals surface area contributed by atoms with Crippen molar-refractivity contribution in [3.63, 3.8) is 0 Å². The summed E-state index contributed by atoms with van der Waals surface area (Å²) in [5, 5.41) is 8.14. The van der Waals surface area contributed by atoms with Crippen LogP contribution in [0.3, 0.4) is 0 Å². The van der Waals surface area contributed by atoms with Crippen LogP contribution >= 0.6 is 0 Å². The summed E-state index contributed by atoms with van der Waals surface area (Å²) in [5.41, 5.74) is 5.05. The van der Waals surface area contributed by atoms with Gasteiger partial charge in [0.2, 0.25) is 5.91 Å². The number of carboxylic acids is 1. The van der Waals surface area contributed by atoms with Crippen LogP contribution in [0.15, 0.2) is 12.2 Å². The SMILES string of the molecule is CCCCCC(=O)O.NC(=O)C12C=CC(CC1)C2. The third-order valence-corrected chi connectivity index (χ3v) is 3.76. The Morgan fingerprint density at radius 2 is 2.17 bits per heavy atom. The van der Waals surface area contributed by atoms with Crippen LogP contribution in [0, 0.1) is 11.3 Å². The molecule has 0 aromatic carbocycles. The molecule has 2 aliphatic rings. The summed E-state index contributed by atoms with van der Waals surface area (Å²) in [7, 11) is 0. The van der Waals surface area contributed by atoms with Gasteiger partial charge in [0.05, 0.1) is 5.41 Å². The van der Waals surface area contributed by atoms with Gasteiger partial charge in [-0.15, -0.1) is 0 Å². The van der Waals surface area contributed by atoms with Gasteiger partial charge in [0, 0.05) is 6.42 Å². The molecule has 0 aromatic rings. The van der Waals surface area contributed by atoms with Crippen molar-refractivity contribution in [3.8, 4) is 0 Å². The lowest BCUT2D eigenvalue weighted by Crippen LogP contribution is -2.31. The molecule has 1 saturated carbocycles. The van der Waals surface area contributed by atoms with Gasteiger partial charge in [-0.3, -0.25) is 9.59 Å². The van der Waals surface area contributed by atoms with Gasteiger partial charge in [-0.1, -0.05) is 31.9 Å². The molecule has 0 radical (unpaired) electrons. The molecule has 0 aliphatic heterocycles. The number of aliphatic carboxylic acids is 1. The second-order valence-electron chi connectivity index (χ2n) is 5.23. The van der Waals surface area contributed by atoms with Crippen LogP contribution < -0.4 is 5.73 Å². The van der Waals surface area contributed by atoms with Gasteiger partial charge >= 0.3 is 5.97 Å². The van der Waals surface area contributed by atoms with E-state index >= 15 is 0 Å². The standard InChI is InChI=1S/C8H11NO.C6H12O2/c9-7(10)8-3-1-6(5-8)2-4-8;1-2-3-4-5-6(7)8/h1,3,6H,2,4-5H2,(H2,9,10);2-5H2,1H3,(H,7,8). The first-order valence-corrected chi connectivity index (χ1v) is 6.71. The Labute approximate surface area is 108 Å². The van der Waals surface area contributed by atoms with Crippen molar-refractivity contribution in [2.45, 2.75) is 51.9 Å². The van der Waals surface area contributed by atoms with E-state index < -0.39 is 5.97 Å². The highest BCUT2D eigenvalue weighted by atomic mass is 16.4. The van der Waals surface area contributed by atoms with Crippen molar-refractivity contribution in [1.82, 2.24) is 0 Å². The maximum atomic E-state index is 11.0. The predicted octanol–water partition coefficient (Wildman–Crippen LogP) is 2.48. The number of fused-ring (bicyclic) bond motifs is 2. The largest absolute Gasteiger partial charge is 0.481 e. The van der Waals surface area contributed by atoms with Crippen LogP contribution in [-0.2, 0) is 9.59 Å². The van der Waals surface area contributed by atoms with E-state index in [4.69, 9.17) is 10.8 Å². The number of hydrogen-bond acceptors (Lipinski definition) is 2. The Balaban J connectivity index is 0.000000187. The summed E-state index contributed by atoms with van der Waals surface area (Å²) < 4.78 is 0. The lowest BCUT2D eigenvalue weighted by Gasteiger charge is -2.17. The molecule has 102 valence electrons. The molecule has 3 N–H and O–H groups in total. The number of carbonyl (C=O) groups is 2. The molecular formula is C14H23NO3. The normalized spacial score (nSPS) is 27.7. The molecule has 4 nitrogen and oxygen atoms in total. The van der Waals surface area contributed by atoms with E-state index in [1.54, 1.807) is 0 Å². The Morgan fingerprint density at radius 1 is 1.44 bits per heavy atom. The number of allylic oxidation sites excluding steroid dienone is 1. The second-order valence-corrected chi connectivity index (χ2v) is 5.23. The molecule has 4 heteroatoms. The number of carbonyl (C=O) groups excluding carboxylic acids is 1. The fourth-order valence-electron chi connectivity index (χ4n) is 2.58. The van der Waals surface area contributed by atoms with Crippen LogP contribution in [0.25, 0.3) is 0 Å². The van der Waals surface area contributed by atoms with Gasteiger partial charge in [0.15, 0.2) is 0 Å². The molecular weight excluding hydrogens is 230 g/mol. The number of nitrogens with two attached hydrogens (primary N) is 1. The fraction of sp³-hybridized carbons (Fsp3) is 0.714. The average molecular weight is 253 g/mol. The predicted molar refractivity (Wildman–Crippen MR) is 69.9 cm³/mol. The molecule has 0 heterocycles. The summed E-state index contributed by atoms with van der Waals surface area (Å²) in [6, 6.07) is 0. The summed E-state index contributed by atoms with van der Waals surface area (Å²) in [5.74, 6) is -0.172. The smallest absolute Gasteiger partial charge is 0.303 e. The Bertz CT molecular complexity index is 338. The van der Waals surface area contributed by atoms with Crippen molar-refractivity contribution in [3.05, 3.63) is 12.2 Å². The lowest BCUT2D eigenvalue weighted by atomic mass is 9.87. The third-order valence-electron chi connectivity index (χ3n) is 3.76. The molecule has 2 aliphatic carbocycles. The fourth-order valence-corrected chi connectivity index (χ4v) is 2.58. The van der Waals surface area contributed by atoms with Crippen LogP contribution in [0.1, 0.15) is 51.9 Å². The van der Waals surface area contributed by atoms with E-state index in [-0.39, 0.29) is 11.3 Å². The molecule has 2 unspecified atom stereocenters. The minimum atomic E-state index is -0.682. The zero-order valence-electron chi connectivity index (χ0n) is 11.0. The number of hydrogen-bond donors (Lipinski definition) is 2. The molecule has 2 bridgehead atoms. The van der Waals surface area contributed by atoms with Crippen molar-refractivity contribution in [2.75, 3.05) is 0 Å². The minimum Gasteiger partial charge on any atom is -0.481 e. The Morgan fingerprint density at radius 3 is 2.44 bits per heavy atom. The maximum absolute atomic E-state index is 11.0. The van der Waals surface area contributed by atoms with Gasteiger partial charge < -0.3 is 10.8 Å². The Kier molecular flexibility index (Phi) is 5.38. The van der Waals surface area contributed by atoms with Crippen molar-refractivity contribution in [2.24, 2.45) is 17.1 Å². The van der Waals surface area contributed by atoms with Crippen molar-refractivity contribution in [1.29, 1.82) is 0 Å². The molecule has 2 atom stereocenters. The van der Waals surface area contributed by atoms with Crippen LogP contribution in [-0.4, -0.2) is 17.0 Å². The van der Waals surface area contributed by atoms with Crippen molar-refractivity contribution < 1.29 is 14.7 Å². The monoisotopic (exact) mass is 253 g/mol. The Hall–Kier alpha value is -1.32. The highest BCUT2D eigenvalue weighted by molar-refractivity contribution is 5.84. The first kappa shape index (κ1) is 14.7. The van der Waals surface area contributed by atoms with Crippen LogP contribution in [0.5, 0.6) is 0 Å². The molecule has 2 rings (SSSR count). The van der Waals surface area contributed by atoms with Gasteiger partial charge in [-0.25, -0.2) is 0 Å². The quantitative estimate of drug-likeness (QED) is 0.583. The molecule has 0 saturated heterocycles.